The minimum Gasteiger partial charge on any atom is -0.387 e. The monoisotopic (exact) mass is 214 g/mol. The van der Waals surface area contributed by atoms with Crippen molar-refractivity contribution in [2.75, 3.05) is 27.2 Å². The number of amides is 1. The fraction of sp³-hybridized carbons (Fsp3) is 0.909. The smallest absolute Gasteiger partial charge is 0.239 e. The Labute approximate surface area is 91.9 Å². The molecular formula is C11H22N2O2. The van der Waals surface area contributed by atoms with E-state index >= 15 is 0 Å². The van der Waals surface area contributed by atoms with Crippen molar-refractivity contribution < 1.29 is 9.90 Å². The molecule has 0 bridgehead atoms. The highest BCUT2D eigenvalue weighted by Gasteiger charge is 2.43. The van der Waals surface area contributed by atoms with Crippen LogP contribution in [0.4, 0.5) is 0 Å². The van der Waals surface area contributed by atoms with Crippen molar-refractivity contribution in [1.82, 2.24) is 9.80 Å². The predicted molar refractivity (Wildman–Crippen MR) is 59.6 cm³/mol. The average molecular weight is 214 g/mol. The van der Waals surface area contributed by atoms with Crippen LogP contribution in [0.3, 0.4) is 0 Å². The van der Waals surface area contributed by atoms with Gasteiger partial charge in [-0.25, -0.2) is 0 Å². The van der Waals surface area contributed by atoms with E-state index in [0.29, 0.717) is 13.1 Å². The number of carbonyl (C=O) groups excluding carboxylic acids is 1. The number of hydrogen-bond acceptors (Lipinski definition) is 3. The molecule has 0 aliphatic carbocycles. The van der Waals surface area contributed by atoms with Gasteiger partial charge in [0.05, 0.1) is 11.6 Å². The van der Waals surface area contributed by atoms with Crippen LogP contribution in [0.25, 0.3) is 0 Å². The van der Waals surface area contributed by atoms with Crippen molar-refractivity contribution in [3.05, 3.63) is 0 Å². The molecule has 1 N–H and O–H groups in total. The standard InChI is InChI=1S/C11H22N2O2/c1-5-6-11(15)7-13(8-11)9(2)10(14)12(3)4/h9,15H,5-8H2,1-4H3. The van der Waals surface area contributed by atoms with Crippen molar-refractivity contribution in [2.45, 2.75) is 38.3 Å². The molecule has 1 aliphatic rings. The molecule has 0 aromatic carbocycles. The summed E-state index contributed by atoms with van der Waals surface area (Å²) in [4.78, 5) is 15.3. The summed E-state index contributed by atoms with van der Waals surface area (Å²) in [7, 11) is 3.52. The van der Waals surface area contributed by atoms with E-state index in [1.54, 1.807) is 19.0 Å². The summed E-state index contributed by atoms with van der Waals surface area (Å²) in [6.45, 7) is 5.21. The fourth-order valence-corrected chi connectivity index (χ4v) is 2.14. The van der Waals surface area contributed by atoms with Crippen LogP contribution < -0.4 is 0 Å². The summed E-state index contributed by atoms with van der Waals surface area (Å²) in [6.07, 6.45) is 1.81. The van der Waals surface area contributed by atoms with Crippen LogP contribution in [0.1, 0.15) is 26.7 Å². The molecule has 0 aromatic rings. The fourth-order valence-electron chi connectivity index (χ4n) is 2.14. The molecule has 4 heteroatoms. The largest absolute Gasteiger partial charge is 0.387 e. The van der Waals surface area contributed by atoms with E-state index in [0.717, 1.165) is 12.8 Å². The predicted octanol–water partition coefficient (Wildman–Crippen LogP) is 0.310. The molecule has 4 nitrogen and oxygen atoms in total. The summed E-state index contributed by atoms with van der Waals surface area (Å²) in [5, 5.41) is 9.98. The van der Waals surface area contributed by atoms with Crippen molar-refractivity contribution in [1.29, 1.82) is 0 Å². The first-order chi connectivity index (χ1) is 6.89. The number of likely N-dealkylation sites (tertiary alicyclic amines) is 1. The molecule has 1 heterocycles. The Bertz CT molecular complexity index is 235. The van der Waals surface area contributed by atoms with Gasteiger partial charge in [0, 0.05) is 27.2 Å². The maximum absolute atomic E-state index is 11.6. The van der Waals surface area contributed by atoms with Gasteiger partial charge >= 0.3 is 0 Å². The lowest BCUT2D eigenvalue weighted by atomic mass is 9.88. The maximum Gasteiger partial charge on any atom is 0.239 e. The van der Waals surface area contributed by atoms with E-state index in [1.807, 2.05) is 11.8 Å². The molecule has 0 spiro atoms. The van der Waals surface area contributed by atoms with Gasteiger partial charge in [-0.05, 0) is 13.3 Å². The van der Waals surface area contributed by atoms with Gasteiger partial charge in [-0.15, -0.1) is 0 Å². The molecule has 1 aliphatic heterocycles. The highest BCUT2D eigenvalue weighted by atomic mass is 16.3. The zero-order valence-electron chi connectivity index (χ0n) is 10.2. The quantitative estimate of drug-likeness (QED) is 0.732. The van der Waals surface area contributed by atoms with Crippen LogP contribution in [0.5, 0.6) is 0 Å². The first kappa shape index (κ1) is 12.5. The van der Waals surface area contributed by atoms with Crippen LogP contribution in [0.15, 0.2) is 0 Å². The van der Waals surface area contributed by atoms with Gasteiger partial charge in [0.15, 0.2) is 0 Å². The first-order valence-electron chi connectivity index (χ1n) is 5.57. The molecule has 88 valence electrons. The molecule has 1 rings (SSSR count). The number of aliphatic hydroxyl groups is 1. The highest BCUT2D eigenvalue weighted by Crippen LogP contribution is 2.27. The second-order valence-corrected chi connectivity index (χ2v) is 4.79. The number of nitrogens with zero attached hydrogens (tertiary/aromatic N) is 2. The molecule has 15 heavy (non-hydrogen) atoms. The molecule has 1 atom stereocenters. The second-order valence-electron chi connectivity index (χ2n) is 4.79. The maximum atomic E-state index is 11.6. The van der Waals surface area contributed by atoms with E-state index in [9.17, 15) is 9.90 Å². The summed E-state index contributed by atoms with van der Waals surface area (Å²) in [5.74, 6) is 0.105. The molecular weight excluding hydrogens is 192 g/mol. The zero-order chi connectivity index (χ0) is 11.6. The Morgan fingerprint density at radius 3 is 2.47 bits per heavy atom. The van der Waals surface area contributed by atoms with Gasteiger partial charge in [0.2, 0.25) is 5.91 Å². The Morgan fingerprint density at radius 1 is 1.53 bits per heavy atom. The molecule has 1 unspecified atom stereocenters. The van der Waals surface area contributed by atoms with Gasteiger partial charge in [0.25, 0.3) is 0 Å². The Hall–Kier alpha value is -0.610. The Balaban J connectivity index is 2.41. The van der Waals surface area contributed by atoms with Crippen molar-refractivity contribution in [3.8, 4) is 0 Å². The van der Waals surface area contributed by atoms with Gasteiger partial charge in [-0.2, -0.15) is 0 Å². The second kappa shape index (κ2) is 4.49. The van der Waals surface area contributed by atoms with E-state index < -0.39 is 5.60 Å². The summed E-state index contributed by atoms with van der Waals surface area (Å²) < 4.78 is 0. The topological polar surface area (TPSA) is 43.8 Å². The van der Waals surface area contributed by atoms with Crippen LogP contribution in [0, 0.1) is 0 Å². The molecule has 1 saturated heterocycles. The number of rotatable bonds is 4. The summed E-state index contributed by atoms with van der Waals surface area (Å²) in [6, 6.07) is -0.114. The third-order valence-electron chi connectivity index (χ3n) is 3.06. The minimum atomic E-state index is -0.546. The molecule has 0 aromatic heterocycles. The van der Waals surface area contributed by atoms with Gasteiger partial charge in [0.1, 0.15) is 0 Å². The summed E-state index contributed by atoms with van der Waals surface area (Å²) >= 11 is 0. The highest BCUT2D eigenvalue weighted by molar-refractivity contribution is 5.81. The van der Waals surface area contributed by atoms with Crippen molar-refractivity contribution >= 4 is 5.91 Å². The zero-order valence-corrected chi connectivity index (χ0v) is 10.2. The van der Waals surface area contributed by atoms with Crippen molar-refractivity contribution in [2.24, 2.45) is 0 Å². The van der Waals surface area contributed by atoms with Crippen LogP contribution in [0.2, 0.25) is 0 Å². The van der Waals surface area contributed by atoms with Crippen LogP contribution >= 0.6 is 0 Å². The number of carbonyl (C=O) groups is 1. The lowest BCUT2D eigenvalue weighted by molar-refractivity contribution is -0.150. The van der Waals surface area contributed by atoms with Crippen LogP contribution in [-0.2, 0) is 4.79 Å². The van der Waals surface area contributed by atoms with Crippen LogP contribution in [-0.4, -0.2) is 59.6 Å². The third kappa shape index (κ3) is 2.69. The number of hydrogen-bond donors (Lipinski definition) is 1. The number of β-amino-alcohol motifs (C(OH)–C–C–N with tert-alkyl or cyclic N) is 1. The molecule has 1 amide bonds. The van der Waals surface area contributed by atoms with Crippen molar-refractivity contribution in [3.63, 3.8) is 0 Å². The Kier molecular flexibility index (Phi) is 3.73. The summed E-state index contributed by atoms with van der Waals surface area (Å²) in [5.41, 5.74) is -0.546. The third-order valence-corrected chi connectivity index (χ3v) is 3.06. The van der Waals surface area contributed by atoms with E-state index in [1.165, 1.54) is 0 Å². The Morgan fingerprint density at radius 2 is 2.07 bits per heavy atom. The SMILES string of the molecule is CCCC1(O)CN(C(C)C(=O)N(C)C)C1. The first-order valence-corrected chi connectivity index (χ1v) is 5.57. The van der Waals surface area contributed by atoms with E-state index in [4.69, 9.17) is 0 Å². The van der Waals surface area contributed by atoms with E-state index in [2.05, 4.69) is 6.92 Å². The van der Waals surface area contributed by atoms with Gasteiger partial charge in [-0.3, -0.25) is 9.69 Å². The molecule has 0 radical (unpaired) electrons. The molecule has 1 fully saturated rings. The average Bonchev–Trinajstić information content (AvgIpc) is 2.11. The van der Waals surface area contributed by atoms with E-state index in [-0.39, 0.29) is 11.9 Å². The lowest BCUT2D eigenvalue weighted by Gasteiger charge is -2.49. The minimum absolute atomic E-state index is 0.105. The number of likely N-dealkylation sites (N-methyl/N-ethyl adjacent to an activating group) is 1. The normalized spacial score (nSPS) is 21.9. The van der Waals surface area contributed by atoms with Gasteiger partial charge in [-0.1, -0.05) is 13.3 Å². The molecule has 0 saturated carbocycles. The van der Waals surface area contributed by atoms with Gasteiger partial charge < -0.3 is 10.0 Å². The lowest BCUT2D eigenvalue weighted by Crippen LogP contribution is -2.66.